The zero-order chi connectivity index (χ0) is 21.8. The van der Waals surface area contributed by atoms with Crippen molar-refractivity contribution in [2.75, 3.05) is 11.9 Å². The Morgan fingerprint density at radius 3 is 2.42 bits per heavy atom. The van der Waals surface area contributed by atoms with Crippen LogP contribution in [0.25, 0.3) is 17.1 Å². The molecule has 3 aromatic carbocycles. The van der Waals surface area contributed by atoms with E-state index in [1.807, 2.05) is 93.6 Å². The molecular formula is C25H24N4O2. The van der Waals surface area contributed by atoms with E-state index in [1.54, 1.807) is 4.68 Å². The molecule has 4 rings (SSSR count). The highest BCUT2D eigenvalue weighted by Crippen LogP contribution is 2.24. The first kappa shape index (κ1) is 20.3. The third-order valence-electron chi connectivity index (χ3n) is 5.09. The van der Waals surface area contributed by atoms with E-state index in [1.165, 1.54) is 0 Å². The molecule has 1 N–H and O–H groups in total. The lowest BCUT2D eigenvalue weighted by Gasteiger charge is -2.08. The Labute approximate surface area is 181 Å². The average Bonchev–Trinajstić information content (AvgIpc) is 3.24. The van der Waals surface area contributed by atoms with Gasteiger partial charge in [0.05, 0.1) is 12.3 Å². The van der Waals surface area contributed by atoms with Crippen LogP contribution in [0.3, 0.4) is 0 Å². The number of rotatable bonds is 6. The zero-order valence-electron chi connectivity index (χ0n) is 17.8. The van der Waals surface area contributed by atoms with Crippen LogP contribution in [0.4, 0.5) is 5.69 Å². The number of aryl methyl sites for hydroxylation is 1. The van der Waals surface area contributed by atoms with Crippen LogP contribution in [0, 0.1) is 13.8 Å². The molecule has 0 radical (unpaired) electrons. The van der Waals surface area contributed by atoms with Crippen molar-refractivity contribution in [2.24, 2.45) is 0 Å². The van der Waals surface area contributed by atoms with Gasteiger partial charge < -0.3 is 10.1 Å². The first-order valence-electron chi connectivity index (χ1n) is 10.2. The van der Waals surface area contributed by atoms with Crippen LogP contribution in [-0.4, -0.2) is 27.3 Å². The van der Waals surface area contributed by atoms with Gasteiger partial charge in [-0.15, -0.1) is 5.10 Å². The number of carbonyl (C=O) groups excluding carboxylic acids is 1. The molecule has 6 nitrogen and oxygen atoms in total. The summed E-state index contributed by atoms with van der Waals surface area (Å²) >= 11 is 0. The molecule has 0 saturated carbocycles. The minimum Gasteiger partial charge on any atom is -0.494 e. The van der Waals surface area contributed by atoms with Crippen LogP contribution in [0.5, 0.6) is 5.75 Å². The molecule has 1 heterocycles. The van der Waals surface area contributed by atoms with E-state index >= 15 is 0 Å². The van der Waals surface area contributed by atoms with Crippen molar-refractivity contribution in [3.8, 4) is 22.8 Å². The van der Waals surface area contributed by atoms with Crippen molar-refractivity contribution < 1.29 is 9.53 Å². The van der Waals surface area contributed by atoms with Crippen molar-refractivity contribution >= 4 is 11.6 Å². The highest BCUT2D eigenvalue weighted by molar-refractivity contribution is 6.02. The summed E-state index contributed by atoms with van der Waals surface area (Å²) in [6.45, 7) is 6.53. The van der Waals surface area contributed by atoms with Crippen molar-refractivity contribution in [1.29, 1.82) is 0 Å². The maximum atomic E-state index is 13.0. The van der Waals surface area contributed by atoms with Gasteiger partial charge in [0.15, 0.2) is 5.82 Å². The Hall–Kier alpha value is -3.93. The fourth-order valence-electron chi connectivity index (χ4n) is 3.28. The number of nitrogens with zero attached hydrogens (tertiary/aromatic N) is 3. The number of hydrogen-bond acceptors (Lipinski definition) is 4. The van der Waals surface area contributed by atoms with Gasteiger partial charge >= 0.3 is 0 Å². The number of carbonyl (C=O) groups is 1. The summed E-state index contributed by atoms with van der Waals surface area (Å²) in [7, 11) is 0. The molecule has 0 aliphatic heterocycles. The summed E-state index contributed by atoms with van der Waals surface area (Å²) in [5.41, 5.74) is 4.54. The highest BCUT2D eigenvalue weighted by Gasteiger charge is 2.19. The normalized spacial score (nSPS) is 10.7. The van der Waals surface area contributed by atoms with Gasteiger partial charge in [-0.25, -0.2) is 9.67 Å². The second-order valence-electron chi connectivity index (χ2n) is 7.17. The van der Waals surface area contributed by atoms with Crippen molar-refractivity contribution in [3.63, 3.8) is 0 Å². The van der Waals surface area contributed by atoms with Crippen LogP contribution in [0.2, 0.25) is 0 Å². The van der Waals surface area contributed by atoms with Crippen LogP contribution >= 0.6 is 0 Å². The van der Waals surface area contributed by atoms with Gasteiger partial charge in [-0.3, -0.25) is 4.79 Å². The SMILES string of the molecule is CCOc1ccc(-n2nc(C(=O)Nc3cccc(C)c3C)nc2-c2ccccc2)cc1. The molecule has 0 bridgehead atoms. The van der Waals surface area contributed by atoms with Crippen LogP contribution in [-0.2, 0) is 0 Å². The Bertz CT molecular complexity index is 1200. The highest BCUT2D eigenvalue weighted by atomic mass is 16.5. The lowest BCUT2D eigenvalue weighted by atomic mass is 10.1. The van der Waals surface area contributed by atoms with Crippen LogP contribution < -0.4 is 10.1 Å². The Morgan fingerprint density at radius 1 is 0.968 bits per heavy atom. The number of hydrogen-bond donors (Lipinski definition) is 1. The molecule has 0 spiro atoms. The Balaban J connectivity index is 1.72. The lowest BCUT2D eigenvalue weighted by molar-refractivity contribution is 0.101. The topological polar surface area (TPSA) is 69.0 Å². The van der Waals surface area contributed by atoms with E-state index in [9.17, 15) is 4.79 Å². The van der Waals surface area contributed by atoms with Gasteiger partial charge in [0.1, 0.15) is 5.75 Å². The Kier molecular flexibility index (Phi) is 5.80. The summed E-state index contributed by atoms with van der Waals surface area (Å²) in [6.07, 6.45) is 0. The molecule has 0 unspecified atom stereocenters. The first-order valence-corrected chi connectivity index (χ1v) is 10.2. The second kappa shape index (κ2) is 8.83. The Morgan fingerprint density at radius 2 is 1.71 bits per heavy atom. The summed E-state index contributed by atoms with van der Waals surface area (Å²) in [6, 6.07) is 23.1. The predicted octanol–water partition coefficient (Wildman–Crippen LogP) is 5.20. The molecular weight excluding hydrogens is 388 g/mol. The molecule has 156 valence electrons. The van der Waals surface area contributed by atoms with E-state index < -0.39 is 0 Å². The molecule has 4 aromatic rings. The monoisotopic (exact) mass is 412 g/mol. The molecule has 0 aliphatic carbocycles. The fraction of sp³-hybridized carbons (Fsp3) is 0.160. The molecule has 6 heteroatoms. The van der Waals surface area contributed by atoms with E-state index in [-0.39, 0.29) is 11.7 Å². The molecule has 0 atom stereocenters. The largest absolute Gasteiger partial charge is 0.494 e. The molecule has 1 amide bonds. The standard InChI is InChI=1S/C25H24N4O2/c1-4-31-21-15-13-20(14-16-21)29-24(19-10-6-5-7-11-19)27-23(28-29)25(30)26-22-12-8-9-17(2)18(22)3/h5-16H,4H2,1-3H3,(H,26,30). The second-order valence-corrected chi connectivity index (χ2v) is 7.17. The summed E-state index contributed by atoms with van der Waals surface area (Å²) in [5, 5.41) is 7.47. The summed E-state index contributed by atoms with van der Waals surface area (Å²) in [5.74, 6) is 1.13. The van der Waals surface area contributed by atoms with Gasteiger partial charge in [0.25, 0.3) is 5.91 Å². The van der Waals surface area contributed by atoms with Crippen LogP contribution in [0.1, 0.15) is 28.7 Å². The van der Waals surface area contributed by atoms with E-state index in [4.69, 9.17) is 4.74 Å². The quantitative estimate of drug-likeness (QED) is 0.472. The van der Waals surface area contributed by atoms with Gasteiger partial charge in [-0.05, 0) is 62.2 Å². The molecule has 1 aromatic heterocycles. The number of nitrogens with one attached hydrogen (secondary N) is 1. The number of ether oxygens (including phenoxy) is 1. The lowest BCUT2D eigenvalue weighted by Crippen LogP contribution is -2.15. The maximum Gasteiger partial charge on any atom is 0.295 e. The van der Waals surface area contributed by atoms with Crippen molar-refractivity contribution in [1.82, 2.24) is 14.8 Å². The maximum absolute atomic E-state index is 13.0. The summed E-state index contributed by atoms with van der Waals surface area (Å²) in [4.78, 5) is 17.5. The zero-order valence-corrected chi connectivity index (χ0v) is 17.8. The molecule has 0 fully saturated rings. The van der Waals surface area contributed by atoms with Crippen molar-refractivity contribution in [2.45, 2.75) is 20.8 Å². The summed E-state index contributed by atoms with van der Waals surface area (Å²) < 4.78 is 7.22. The molecule has 31 heavy (non-hydrogen) atoms. The minimum absolute atomic E-state index is 0.105. The third-order valence-corrected chi connectivity index (χ3v) is 5.09. The van der Waals surface area contributed by atoms with Crippen LogP contribution in [0.15, 0.2) is 72.8 Å². The average molecular weight is 412 g/mol. The van der Waals surface area contributed by atoms with E-state index in [0.29, 0.717) is 12.4 Å². The van der Waals surface area contributed by atoms with Crippen molar-refractivity contribution in [3.05, 3.63) is 89.7 Å². The minimum atomic E-state index is -0.351. The first-order chi connectivity index (χ1) is 15.1. The van der Waals surface area contributed by atoms with E-state index in [0.717, 1.165) is 33.8 Å². The smallest absolute Gasteiger partial charge is 0.295 e. The van der Waals surface area contributed by atoms with Gasteiger partial charge in [-0.2, -0.15) is 0 Å². The number of aromatic nitrogens is 3. The third kappa shape index (κ3) is 4.33. The van der Waals surface area contributed by atoms with Gasteiger partial charge in [0, 0.05) is 11.3 Å². The number of benzene rings is 3. The molecule has 0 aliphatic rings. The van der Waals surface area contributed by atoms with E-state index in [2.05, 4.69) is 15.4 Å². The fourth-order valence-corrected chi connectivity index (χ4v) is 3.28. The number of amides is 1. The predicted molar refractivity (Wildman–Crippen MR) is 122 cm³/mol. The molecule has 0 saturated heterocycles. The van der Waals surface area contributed by atoms with Gasteiger partial charge in [0.2, 0.25) is 5.82 Å². The number of anilines is 1. The van der Waals surface area contributed by atoms with Gasteiger partial charge in [-0.1, -0.05) is 42.5 Å².